The summed E-state index contributed by atoms with van der Waals surface area (Å²) in [6.45, 7) is 7.14. The molecule has 0 bridgehead atoms. The zero-order chi connectivity index (χ0) is 11.4. The molecule has 0 aliphatic carbocycles. The van der Waals surface area contributed by atoms with Crippen molar-refractivity contribution in [2.45, 2.75) is 13.3 Å². The van der Waals surface area contributed by atoms with Crippen LogP contribution >= 0.6 is 11.3 Å². The molecular weight excluding hydrogens is 220 g/mol. The monoisotopic (exact) mass is 238 g/mol. The molecular formula is C12H18N2OS. The Bertz CT molecular complexity index is 356. The largest absolute Gasteiger partial charge is 0.314 e. The van der Waals surface area contributed by atoms with Gasteiger partial charge in [0.2, 0.25) is 0 Å². The van der Waals surface area contributed by atoms with E-state index in [2.05, 4.69) is 10.2 Å². The Morgan fingerprint density at radius 1 is 1.50 bits per heavy atom. The number of thiophene rings is 1. The first kappa shape index (κ1) is 11.8. The predicted molar refractivity (Wildman–Crippen MR) is 67.3 cm³/mol. The fourth-order valence-corrected chi connectivity index (χ4v) is 2.86. The molecule has 4 heteroatoms. The first-order chi connectivity index (χ1) is 7.77. The lowest BCUT2D eigenvalue weighted by atomic mass is 10.1. The summed E-state index contributed by atoms with van der Waals surface area (Å²) in [5, 5.41) is 5.31. The van der Waals surface area contributed by atoms with Gasteiger partial charge in [0.1, 0.15) is 0 Å². The van der Waals surface area contributed by atoms with Crippen LogP contribution in [0.2, 0.25) is 0 Å². The van der Waals surface area contributed by atoms with Gasteiger partial charge in [-0.3, -0.25) is 4.79 Å². The van der Waals surface area contributed by atoms with Crippen LogP contribution in [0, 0.1) is 6.92 Å². The fraction of sp³-hybridized carbons (Fsp3) is 0.583. The summed E-state index contributed by atoms with van der Waals surface area (Å²) in [5.41, 5.74) is 1.12. The minimum Gasteiger partial charge on any atom is -0.314 e. The average molecular weight is 238 g/mol. The molecule has 0 spiro atoms. The third kappa shape index (κ3) is 2.90. The Morgan fingerprint density at radius 2 is 2.25 bits per heavy atom. The summed E-state index contributed by atoms with van der Waals surface area (Å²) in [4.78, 5) is 15.2. The van der Waals surface area contributed by atoms with Crippen LogP contribution in [0.25, 0.3) is 0 Å². The Kier molecular flexibility index (Phi) is 4.09. The van der Waals surface area contributed by atoms with Crippen molar-refractivity contribution in [1.29, 1.82) is 0 Å². The van der Waals surface area contributed by atoms with E-state index in [-0.39, 0.29) is 0 Å². The van der Waals surface area contributed by atoms with Crippen LogP contribution in [-0.2, 0) is 0 Å². The molecule has 1 fully saturated rings. The van der Waals surface area contributed by atoms with Crippen LogP contribution in [0.5, 0.6) is 0 Å². The number of hydrogen-bond acceptors (Lipinski definition) is 4. The number of aryl methyl sites for hydroxylation is 1. The van der Waals surface area contributed by atoms with E-state index >= 15 is 0 Å². The summed E-state index contributed by atoms with van der Waals surface area (Å²) < 4.78 is 0. The number of carbonyl (C=O) groups is 1. The second-order valence-corrected chi connectivity index (χ2v) is 5.11. The van der Waals surface area contributed by atoms with Gasteiger partial charge >= 0.3 is 0 Å². The Labute approximate surface area is 100 Å². The molecule has 1 aromatic rings. The van der Waals surface area contributed by atoms with Crippen LogP contribution in [0.4, 0.5) is 0 Å². The highest BCUT2D eigenvalue weighted by Crippen LogP contribution is 2.17. The maximum absolute atomic E-state index is 11.9. The van der Waals surface area contributed by atoms with Crippen molar-refractivity contribution in [2.24, 2.45) is 0 Å². The molecule has 0 amide bonds. The maximum Gasteiger partial charge on any atom is 0.174 e. The van der Waals surface area contributed by atoms with Crippen molar-refractivity contribution in [1.82, 2.24) is 10.2 Å². The lowest BCUT2D eigenvalue weighted by Gasteiger charge is -2.26. The summed E-state index contributed by atoms with van der Waals surface area (Å²) in [7, 11) is 0. The second kappa shape index (κ2) is 5.57. The molecule has 0 unspecified atom stereocenters. The van der Waals surface area contributed by atoms with Crippen molar-refractivity contribution >= 4 is 17.1 Å². The van der Waals surface area contributed by atoms with Gasteiger partial charge in [0.25, 0.3) is 0 Å². The molecule has 3 nitrogen and oxygen atoms in total. The van der Waals surface area contributed by atoms with Crippen molar-refractivity contribution in [2.75, 3.05) is 32.7 Å². The van der Waals surface area contributed by atoms with E-state index < -0.39 is 0 Å². The molecule has 1 aromatic heterocycles. The molecule has 2 heterocycles. The molecule has 0 radical (unpaired) electrons. The molecule has 0 saturated carbocycles. The van der Waals surface area contributed by atoms with E-state index in [0.29, 0.717) is 12.2 Å². The minimum atomic E-state index is 0.297. The van der Waals surface area contributed by atoms with Crippen molar-refractivity contribution in [3.63, 3.8) is 0 Å². The predicted octanol–water partition coefficient (Wildman–Crippen LogP) is 1.53. The van der Waals surface area contributed by atoms with Crippen molar-refractivity contribution in [3.05, 3.63) is 21.9 Å². The van der Waals surface area contributed by atoms with Gasteiger partial charge in [0.05, 0.1) is 4.88 Å². The number of ketones is 1. The SMILES string of the molecule is Cc1ccsc1C(=O)CCN1CCNCC1. The molecule has 88 valence electrons. The average Bonchev–Trinajstić information content (AvgIpc) is 2.74. The Hall–Kier alpha value is -0.710. The van der Waals surface area contributed by atoms with E-state index in [1.807, 2.05) is 18.4 Å². The van der Waals surface area contributed by atoms with Gasteiger partial charge in [-0.25, -0.2) is 0 Å². The number of piperazine rings is 1. The topological polar surface area (TPSA) is 32.3 Å². The van der Waals surface area contributed by atoms with Gasteiger partial charge < -0.3 is 10.2 Å². The molecule has 2 rings (SSSR count). The highest BCUT2D eigenvalue weighted by atomic mass is 32.1. The zero-order valence-electron chi connectivity index (χ0n) is 9.66. The van der Waals surface area contributed by atoms with Crippen LogP contribution in [0.15, 0.2) is 11.4 Å². The number of rotatable bonds is 4. The zero-order valence-corrected chi connectivity index (χ0v) is 10.5. The fourth-order valence-electron chi connectivity index (χ4n) is 1.97. The smallest absolute Gasteiger partial charge is 0.174 e. The number of Topliss-reactive ketones (excluding diaryl/α,β-unsaturated/α-hetero) is 1. The second-order valence-electron chi connectivity index (χ2n) is 4.20. The molecule has 1 aliphatic heterocycles. The van der Waals surface area contributed by atoms with E-state index in [1.165, 1.54) is 0 Å². The van der Waals surface area contributed by atoms with E-state index in [1.54, 1.807) is 11.3 Å². The lowest BCUT2D eigenvalue weighted by Crippen LogP contribution is -2.44. The summed E-state index contributed by atoms with van der Waals surface area (Å²) in [6, 6.07) is 2.02. The van der Waals surface area contributed by atoms with E-state index in [4.69, 9.17) is 0 Å². The van der Waals surface area contributed by atoms with Crippen molar-refractivity contribution in [3.8, 4) is 0 Å². The van der Waals surface area contributed by atoms with Crippen molar-refractivity contribution < 1.29 is 4.79 Å². The molecule has 16 heavy (non-hydrogen) atoms. The Morgan fingerprint density at radius 3 is 2.88 bits per heavy atom. The van der Waals surface area contributed by atoms with Gasteiger partial charge in [0.15, 0.2) is 5.78 Å². The molecule has 0 aromatic carbocycles. The highest BCUT2D eigenvalue weighted by molar-refractivity contribution is 7.12. The van der Waals surface area contributed by atoms with Gasteiger partial charge in [-0.15, -0.1) is 11.3 Å². The standard InChI is InChI=1S/C12H18N2OS/c1-10-3-9-16-12(10)11(15)2-6-14-7-4-13-5-8-14/h3,9,13H,2,4-8H2,1H3. The lowest BCUT2D eigenvalue weighted by molar-refractivity contribution is 0.0964. The van der Waals surface area contributed by atoms with E-state index in [0.717, 1.165) is 43.2 Å². The highest BCUT2D eigenvalue weighted by Gasteiger charge is 2.14. The molecule has 0 atom stereocenters. The third-order valence-corrected chi connectivity index (χ3v) is 4.04. The van der Waals surface area contributed by atoms with E-state index in [9.17, 15) is 4.79 Å². The van der Waals surface area contributed by atoms with Crippen LogP contribution in [-0.4, -0.2) is 43.4 Å². The minimum absolute atomic E-state index is 0.297. The normalized spacial score (nSPS) is 17.6. The Balaban J connectivity index is 1.81. The molecule has 1 saturated heterocycles. The van der Waals surface area contributed by atoms with Gasteiger partial charge in [-0.05, 0) is 23.9 Å². The van der Waals surface area contributed by atoms with Gasteiger partial charge in [0, 0.05) is 39.1 Å². The summed E-state index contributed by atoms with van der Waals surface area (Å²) >= 11 is 1.56. The first-order valence-electron chi connectivity index (χ1n) is 5.78. The third-order valence-electron chi connectivity index (χ3n) is 2.98. The first-order valence-corrected chi connectivity index (χ1v) is 6.65. The summed E-state index contributed by atoms with van der Waals surface area (Å²) in [6.07, 6.45) is 0.654. The maximum atomic E-state index is 11.9. The number of nitrogens with zero attached hydrogens (tertiary/aromatic N) is 1. The van der Waals surface area contributed by atoms with Crippen LogP contribution in [0.3, 0.4) is 0 Å². The molecule has 1 N–H and O–H groups in total. The number of nitrogens with one attached hydrogen (secondary N) is 1. The van der Waals surface area contributed by atoms with Gasteiger partial charge in [-0.1, -0.05) is 0 Å². The number of carbonyl (C=O) groups excluding carboxylic acids is 1. The number of hydrogen-bond donors (Lipinski definition) is 1. The quantitative estimate of drug-likeness (QED) is 0.808. The molecule has 1 aliphatic rings. The summed E-state index contributed by atoms with van der Waals surface area (Å²) in [5.74, 6) is 0.297. The van der Waals surface area contributed by atoms with Crippen LogP contribution < -0.4 is 5.32 Å². The van der Waals surface area contributed by atoms with Gasteiger partial charge in [-0.2, -0.15) is 0 Å². The van der Waals surface area contributed by atoms with Crippen LogP contribution in [0.1, 0.15) is 21.7 Å².